The molecule has 1 saturated heterocycles. The number of ether oxygens (including phenoxy) is 2. The van der Waals surface area contributed by atoms with Crippen molar-refractivity contribution in [1.82, 2.24) is 37.2 Å². The fourth-order valence-corrected chi connectivity index (χ4v) is 10.7. The standard InChI is InChI=1S/C55H70ClN11O12S2/c1-30(68)46-55(77)66-45(53(75)62-41(48(60)70)25-33-11-19-37(78-2)20-12-33)29-81-80-28-44(65-49(71)39(58)24-31-9-17-36(56)18-10-31)54(76)64-43(27-34-13-21-38(79-3)22-14-34)52(74)63-42(26-32-7-15-35(16-8-32)47(59)69)51(73)61-40(50(72)67-46)6-4-5-23-57/h7-22,30,39-46,68H,4-6,23-29,57-58H2,1-3H3,(H2,59,69)(H2,60,70)(H,61,73)(H,62,75)(H,63,74)(H,64,76)(H,65,71)(H,66,77)(H,67,72)/t30-,39+,40+,41-,42-,43+,44-,45+,46+/m1/s1. The third-order valence-electron chi connectivity index (χ3n) is 13.0. The van der Waals surface area contributed by atoms with Crippen LogP contribution in [0, 0.1) is 0 Å². The fourth-order valence-electron chi connectivity index (χ4n) is 8.29. The van der Waals surface area contributed by atoms with E-state index < -0.39 is 108 Å². The van der Waals surface area contributed by atoms with Crippen molar-refractivity contribution in [2.24, 2.45) is 22.9 Å². The van der Waals surface area contributed by atoms with E-state index >= 15 is 0 Å². The Morgan fingerprint density at radius 3 is 1.68 bits per heavy atom. The number of hydrogen-bond donors (Lipinski definition) is 12. The molecule has 0 unspecified atom stereocenters. The first-order valence-corrected chi connectivity index (χ1v) is 28.7. The van der Waals surface area contributed by atoms with E-state index in [9.17, 15) is 48.3 Å². The molecule has 0 bridgehead atoms. The highest BCUT2D eigenvalue weighted by atomic mass is 35.5. The highest BCUT2D eigenvalue weighted by Gasteiger charge is 2.36. The van der Waals surface area contributed by atoms with Gasteiger partial charge < -0.3 is 74.7 Å². The molecular weight excluding hydrogens is 1110 g/mol. The third-order valence-corrected chi connectivity index (χ3v) is 15.6. The molecule has 9 atom stereocenters. The Hall–Kier alpha value is -7.42. The van der Waals surface area contributed by atoms with Crippen molar-refractivity contribution < 1.29 is 57.7 Å². The van der Waals surface area contributed by atoms with Gasteiger partial charge in [-0.1, -0.05) is 81.7 Å². The molecule has 9 amide bonds. The number of benzene rings is 4. The minimum absolute atomic E-state index is 0.0366. The number of nitrogens with one attached hydrogen (secondary N) is 7. The summed E-state index contributed by atoms with van der Waals surface area (Å²) in [7, 11) is 4.92. The molecule has 23 nitrogen and oxygen atoms in total. The lowest BCUT2D eigenvalue weighted by atomic mass is 10.00. The van der Waals surface area contributed by atoms with Gasteiger partial charge >= 0.3 is 0 Å². The van der Waals surface area contributed by atoms with Gasteiger partial charge in [0.2, 0.25) is 53.2 Å². The van der Waals surface area contributed by atoms with E-state index in [1.165, 1.54) is 45.4 Å². The summed E-state index contributed by atoms with van der Waals surface area (Å²) in [5.41, 5.74) is 25.9. The molecule has 1 aliphatic heterocycles. The zero-order valence-electron chi connectivity index (χ0n) is 44.9. The summed E-state index contributed by atoms with van der Waals surface area (Å²) < 4.78 is 10.6. The van der Waals surface area contributed by atoms with Gasteiger partial charge in [-0.05, 0) is 110 Å². The molecule has 0 spiro atoms. The van der Waals surface area contributed by atoms with Gasteiger partial charge in [-0.25, -0.2) is 0 Å². The molecule has 4 aromatic carbocycles. The molecule has 436 valence electrons. The maximum Gasteiger partial charge on any atom is 0.248 e. The molecule has 16 N–H and O–H groups in total. The van der Waals surface area contributed by atoms with E-state index in [0.717, 1.165) is 21.6 Å². The van der Waals surface area contributed by atoms with Crippen LogP contribution in [0.5, 0.6) is 11.5 Å². The van der Waals surface area contributed by atoms with Crippen LogP contribution in [0.2, 0.25) is 5.02 Å². The predicted octanol–water partition coefficient (Wildman–Crippen LogP) is -0.162. The summed E-state index contributed by atoms with van der Waals surface area (Å²) in [6.07, 6.45) is -1.34. The molecule has 0 saturated carbocycles. The summed E-state index contributed by atoms with van der Waals surface area (Å²) in [5, 5.41) is 30.1. The van der Waals surface area contributed by atoms with Gasteiger partial charge in [0.05, 0.1) is 26.4 Å². The number of primary amides is 2. The van der Waals surface area contributed by atoms with Crippen LogP contribution in [0.15, 0.2) is 97.1 Å². The number of amides is 9. The van der Waals surface area contributed by atoms with Gasteiger partial charge in [-0.2, -0.15) is 0 Å². The molecule has 4 aromatic rings. The van der Waals surface area contributed by atoms with E-state index in [4.69, 9.17) is 44.0 Å². The summed E-state index contributed by atoms with van der Waals surface area (Å²) in [6, 6.07) is 14.3. The average molecular weight is 1180 g/mol. The van der Waals surface area contributed by atoms with Gasteiger partial charge in [0.25, 0.3) is 0 Å². The number of carbonyl (C=O) groups excluding carboxylic acids is 9. The quantitative estimate of drug-likeness (QED) is 0.0381. The summed E-state index contributed by atoms with van der Waals surface area (Å²) >= 11 is 6.09. The van der Waals surface area contributed by atoms with Crippen molar-refractivity contribution in [1.29, 1.82) is 0 Å². The lowest BCUT2D eigenvalue weighted by Crippen LogP contribution is -2.62. The molecule has 81 heavy (non-hydrogen) atoms. The lowest BCUT2D eigenvalue weighted by Gasteiger charge is -2.29. The molecule has 0 radical (unpaired) electrons. The number of unbranched alkanes of at least 4 members (excludes halogenated alkanes) is 1. The second-order valence-corrected chi connectivity index (χ2v) is 22.1. The zero-order chi connectivity index (χ0) is 59.2. The smallest absolute Gasteiger partial charge is 0.248 e. The Kier molecular flexibility index (Phi) is 25.5. The molecule has 5 rings (SSSR count). The highest BCUT2D eigenvalue weighted by Crippen LogP contribution is 2.25. The largest absolute Gasteiger partial charge is 0.497 e. The first kappa shape index (κ1) is 64.4. The normalized spacial score (nSPS) is 20.8. The van der Waals surface area contributed by atoms with Crippen molar-refractivity contribution in [2.75, 3.05) is 32.3 Å². The first-order chi connectivity index (χ1) is 38.7. The van der Waals surface area contributed by atoms with Crippen molar-refractivity contribution in [3.63, 3.8) is 0 Å². The Balaban J connectivity index is 1.58. The molecule has 0 aliphatic carbocycles. The van der Waals surface area contributed by atoms with E-state index in [0.29, 0.717) is 51.6 Å². The lowest BCUT2D eigenvalue weighted by molar-refractivity contribution is -0.136. The number of carbonyl (C=O) groups is 9. The second kappa shape index (κ2) is 32.1. The Morgan fingerprint density at radius 1 is 0.654 bits per heavy atom. The van der Waals surface area contributed by atoms with Crippen LogP contribution >= 0.6 is 33.2 Å². The van der Waals surface area contributed by atoms with Gasteiger partial charge in [-0.15, -0.1) is 0 Å². The average Bonchev–Trinajstić information content (AvgIpc) is 3.44. The van der Waals surface area contributed by atoms with Gasteiger partial charge in [0, 0.05) is 41.4 Å². The number of aliphatic hydroxyl groups excluding tert-OH is 1. The van der Waals surface area contributed by atoms with E-state index in [2.05, 4.69) is 37.2 Å². The van der Waals surface area contributed by atoms with E-state index in [1.807, 2.05) is 0 Å². The topological polar surface area (TPSA) is 381 Å². The highest BCUT2D eigenvalue weighted by molar-refractivity contribution is 8.76. The third kappa shape index (κ3) is 20.6. The molecule has 0 aromatic heterocycles. The number of aliphatic hydroxyl groups is 1. The van der Waals surface area contributed by atoms with Crippen LogP contribution in [0.25, 0.3) is 0 Å². The number of nitrogens with two attached hydrogens (primary N) is 4. The second-order valence-electron chi connectivity index (χ2n) is 19.2. The minimum Gasteiger partial charge on any atom is -0.497 e. The number of rotatable bonds is 21. The SMILES string of the molecule is COc1ccc(C[C@@H]2NC(=O)[C@H](NC(=O)[C@@H](N)Cc3ccc(Cl)cc3)CSSC[C@@H](C(=O)N[C@H](Cc3ccc(OC)cc3)C(N)=O)NC(=O)[C@H]([C@@H](C)O)NC(=O)[C@H](CCCCN)NC(=O)[C@@H](Cc3ccc(C(N)=O)cc3)NC2=O)cc1. The van der Waals surface area contributed by atoms with Crippen LogP contribution in [0.4, 0.5) is 0 Å². The van der Waals surface area contributed by atoms with Crippen molar-refractivity contribution in [3.8, 4) is 11.5 Å². The van der Waals surface area contributed by atoms with Gasteiger partial charge in [0.15, 0.2) is 0 Å². The fraction of sp³-hybridized carbons (Fsp3) is 0.400. The summed E-state index contributed by atoms with van der Waals surface area (Å²) in [5.74, 6) is -7.29. The van der Waals surface area contributed by atoms with Crippen molar-refractivity contribution in [2.45, 2.75) is 106 Å². The predicted molar refractivity (Wildman–Crippen MR) is 307 cm³/mol. The monoisotopic (exact) mass is 1180 g/mol. The zero-order valence-corrected chi connectivity index (χ0v) is 47.3. The maximum atomic E-state index is 14.8. The number of methoxy groups -OCH3 is 2. The molecule has 1 fully saturated rings. The van der Waals surface area contributed by atoms with Crippen molar-refractivity contribution in [3.05, 3.63) is 130 Å². The van der Waals surface area contributed by atoms with Crippen LogP contribution in [0.3, 0.4) is 0 Å². The van der Waals surface area contributed by atoms with Crippen molar-refractivity contribution >= 4 is 86.4 Å². The van der Waals surface area contributed by atoms with Gasteiger partial charge in [0.1, 0.15) is 53.8 Å². The minimum atomic E-state index is -1.74. The Bertz CT molecular complexity index is 2800. The van der Waals surface area contributed by atoms with Crippen LogP contribution < -0.4 is 69.6 Å². The summed E-state index contributed by atoms with van der Waals surface area (Å²) in [4.78, 5) is 126. The number of halogens is 1. The van der Waals surface area contributed by atoms with E-state index in [1.54, 1.807) is 72.8 Å². The first-order valence-electron chi connectivity index (χ1n) is 25.9. The van der Waals surface area contributed by atoms with Gasteiger partial charge in [-0.3, -0.25) is 43.2 Å². The molecule has 26 heteroatoms. The van der Waals surface area contributed by atoms with Crippen LogP contribution in [-0.2, 0) is 64.0 Å². The van der Waals surface area contributed by atoms with Crippen LogP contribution in [0.1, 0.15) is 58.8 Å². The molecule has 1 aliphatic rings. The summed E-state index contributed by atoms with van der Waals surface area (Å²) in [6.45, 7) is 1.44. The maximum absolute atomic E-state index is 14.8. The Labute approximate surface area is 482 Å². The Morgan fingerprint density at radius 2 is 1.15 bits per heavy atom. The molecular formula is C55H70ClN11O12S2. The van der Waals surface area contributed by atoms with E-state index in [-0.39, 0.29) is 55.7 Å². The van der Waals surface area contributed by atoms with Crippen LogP contribution in [-0.4, -0.2) is 145 Å². The molecule has 1 heterocycles. The number of hydrogen-bond acceptors (Lipinski definition) is 16.